The van der Waals surface area contributed by atoms with E-state index in [0.717, 1.165) is 19.2 Å². The number of hydrogen-bond acceptors (Lipinski definition) is 1. The van der Waals surface area contributed by atoms with E-state index in [1.54, 1.807) is 12.1 Å². The Morgan fingerprint density at radius 1 is 1.11 bits per heavy atom. The number of likely N-dealkylation sites (tertiary alicyclic amines) is 1. The van der Waals surface area contributed by atoms with Crippen molar-refractivity contribution in [3.8, 4) is 0 Å². The summed E-state index contributed by atoms with van der Waals surface area (Å²) >= 11 is 6.07. The van der Waals surface area contributed by atoms with Crippen LogP contribution in [0.4, 0.5) is 23.7 Å². The van der Waals surface area contributed by atoms with Gasteiger partial charge in [-0.05, 0) is 24.3 Å². The Labute approximate surface area is 160 Å². The highest BCUT2D eigenvalue weighted by Gasteiger charge is 2.25. The number of piperidine rings is 1. The molecule has 144 valence electrons. The third kappa shape index (κ3) is 5.14. The van der Waals surface area contributed by atoms with Crippen LogP contribution in [0.25, 0.3) is 0 Å². The predicted octanol–water partition coefficient (Wildman–Crippen LogP) is 3.13. The molecule has 1 aliphatic rings. The van der Waals surface area contributed by atoms with E-state index in [1.807, 2.05) is 0 Å². The monoisotopic (exact) mass is 398 g/mol. The summed E-state index contributed by atoms with van der Waals surface area (Å²) in [6.45, 7) is 1.99. The van der Waals surface area contributed by atoms with Crippen LogP contribution in [0.2, 0.25) is 5.02 Å². The average Bonchev–Trinajstić information content (AvgIpc) is 2.62. The smallest absolute Gasteiger partial charge is 0.319 e. The first-order valence-corrected chi connectivity index (χ1v) is 9.09. The van der Waals surface area contributed by atoms with Crippen molar-refractivity contribution in [3.63, 3.8) is 0 Å². The van der Waals surface area contributed by atoms with Gasteiger partial charge in [-0.15, -0.1) is 0 Å². The third-order valence-electron chi connectivity index (χ3n) is 4.70. The lowest BCUT2D eigenvalue weighted by Crippen LogP contribution is -3.12. The lowest BCUT2D eigenvalue weighted by Gasteiger charge is -2.30. The zero-order valence-electron chi connectivity index (χ0n) is 14.5. The molecule has 0 aliphatic carbocycles. The minimum Gasteiger partial charge on any atom is -0.335 e. The molecule has 0 unspecified atom stereocenters. The molecule has 2 aromatic rings. The fourth-order valence-electron chi connectivity index (χ4n) is 3.23. The van der Waals surface area contributed by atoms with Crippen LogP contribution in [0.5, 0.6) is 0 Å². The number of rotatable bonds is 4. The summed E-state index contributed by atoms with van der Waals surface area (Å²) < 4.78 is 40.4. The largest absolute Gasteiger partial charge is 0.335 e. The van der Waals surface area contributed by atoms with E-state index >= 15 is 0 Å². The number of carbonyl (C=O) groups excluding carboxylic acids is 1. The van der Waals surface area contributed by atoms with Gasteiger partial charge in [0.25, 0.3) is 0 Å². The van der Waals surface area contributed by atoms with Gasteiger partial charge in [-0.25, -0.2) is 18.0 Å². The van der Waals surface area contributed by atoms with Gasteiger partial charge in [0.05, 0.1) is 29.4 Å². The van der Waals surface area contributed by atoms with E-state index in [1.165, 1.54) is 17.0 Å². The number of benzene rings is 2. The van der Waals surface area contributed by atoms with Gasteiger partial charge in [-0.3, -0.25) is 0 Å². The van der Waals surface area contributed by atoms with Crippen molar-refractivity contribution in [2.45, 2.75) is 25.4 Å². The van der Waals surface area contributed by atoms with Crippen LogP contribution in [-0.4, -0.2) is 25.2 Å². The molecule has 8 heteroatoms. The molecular formula is C19H20ClF3N3O+. The minimum atomic E-state index is -0.828. The Balaban J connectivity index is 1.48. The predicted molar refractivity (Wildman–Crippen MR) is 97.3 cm³/mol. The molecule has 1 aliphatic heterocycles. The Morgan fingerprint density at radius 2 is 1.85 bits per heavy atom. The standard InChI is InChI=1S/C19H19ClF3N3O/c20-15-2-1-3-16(22)14(15)11-26-8-6-13(7-9-26)24-19(27)25-18-5-4-12(21)10-17(18)23/h1-5,10,13H,6-9,11H2,(H2,24,25,27)/p+1. The van der Waals surface area contributed by atoms with Crippen LogP contribution < -0.4 is 15.5 Å². The number of halogens is 4. The van der Waals surface area contributed by atoms with Crippen molar-refractivity contribution in [1.82, 2.24) is 5.32 Å². The zero-order valence-corrected chi connectivity index (χ0v) is 15.3. The highest BCUT2D eigenvalue weighted by atomic mass is 35.5. The second kappa shape index (κ2) is 8.63. The number of anilines is 1. The molecule has 0 bridgehead atoms. The Bertz CT molecular complexity index is 806. The van der Waals surface area contributed by atoms with Gasteiger partial charge in [0.1, 0.15) is 24.0 Å². The van der Waals surface area contributed by atoms with E-state index in [9.17, 15) is 18.0 Å². The van der Waals surface area contributed by atoms with E-state index in [0.29, 0.717) is 36.0 Å². The Kier molecular flexibility index (Phi) is 6.23. The second-order valence-corrected chi connectivity index (χ2v) is 7.03. The first-order chi connectivity index (χ1) is 12.9. The van der Waals surface area contributed by atoms with Crippen LogP contribution in [0, 0.1) is 17.5 Å². The van der Waals surface area contributed by atoms with Crippen LogP contribution >= 0.6 is 11.6 Å². The Morgan fingerprint density at radius 3 is 2.52 bits per heavy atom. The fraction of sp³-hybridized carbons (Fsp3) is 0.316. The Hall–Kier alpha value is -2.25. The summed E-state index contributed by atoms with van der Waals surface area (Å²) in [5, 5.41) is 5.60. The van der Waals surface area contributed by atoms with E-state index in [-0.39, 0.29) is 17.5 Å². The van der Waals surface area contributed by atoms with E-state index < -0.39 is 17.7 Å². The maximum Gasteiger partial charge on any atom is 0.319 e. The van der Waals surface area contributed by atoms with Crippen LogP contribution in [0.15, 0.2) is 36.4 Å². The SMILES string of the molecule is O=C(Nc1ccc(F)cc1F)NC1CC[NH+](Cc2c(F)cccc2Cl)CC1. The third-order valence-corrected chi connectivity index (χ3v) is 5.05. The molecule has 3 rings (SSSR count). The lowest BCUT2D eigenvalue weighted by atomic mass is 10.0. The van der Waals surface area contributed by atoms with Crippen molar-refractivity contribution in [2.24, 2.45) is 0 Å². The summed E-state index contributed by atoms with van der Waals surface area (Å²) in [4.78, 5) is 13.2. The van der Waals surface area contributed by atoms with Crippen LogP contribution in [0.3, 0.4) is 0 Å². The molecule has 1 heterocycles. The summed E-state index contributed by atoms with van der Waals surface area (Å²) in [5.74, 6) is -1.84. The molecule has 0 atom stereocenters. The molecule has 3 N–H and O–H groups in total. The maximum atomic E-state index is 13.9. The molecular weight excluding hydrogens is 379 g/mol. The van der Waals surface area contributed by atoms with Crippen molar-refractivity contribution in [1.29, 1.82) is 0 Å². The van der Waals surface area contributed by atoms with Crippen LogP contribution in [-0.2, 0) is 6.54 Å². The lowest BCUT2D eigenvalue weighted by molar-refractivity contribution is -0.919. The second-order valence-electron chi connectivity index (χ2n) is 6.62. The molecule has 0 aromatic heterocycles. The zero-order chi connectivity index (χ0) is 19.4. The average molecular weight is 399 g/mol. The van der Waals surface area contributed by atoms with Gasteiger partial charge in [0, 0.05) is 24.9 Å². The number of amides is 2. The molecule has 4 nitrogen and oxygen atoms in total. The van der Waals surface area contributed by atoms with Gasteiger partial charge < -0.3 is 15.5 Å². The maximum absolute atomic E-state index is 13.9. The molecule has 2 amide bonds. The number of urea groups is 1. The minimum absolute atomic E-state index is 0.0617. The molecule has 0 radical (unpaired) electrons. The van der Waals surface area contributed by atoms with Crippen molar-refractivity contribution < 1.29 is 22.9 Å². The van der Waals surface area contributed by atoms with Gasteiger partial charge in [0.15, 0.2) is 0 Å². The summed E-state index contributed by atoms with van der Waals surface area (Å²) in [5.41, 5.74) is 0.427. The van der Waals surface area contributed by atoms with Crippen LogP contribution in [0.1, 0.15) is 18.4 Å². The first kappa shape index (κ1) is 19.5. The van der Waals surface area contributed by atoms with Crippen molar-refractivity contribution >= 4 is 23.3 Å². The van der Waals surface area contributed by atoms with E-state index in [2.05, 4.69) is 10.6 Å². The molecule has 1 fully saturated rings. The molecule has 0 saturated carbocycles. The topological polar surface area (TPSA) is 45.6 Å². The number of carbonyl (C=O) groups is 1. The molecule has 0 spiro atoms. The van der Waals surface area contributed by atoms with Gasteiger partial charge in [-0.2, -0.15) is 0 Å². The molecule has 1 saturated heterocycles. The highest BCUT2D eigenvalue weighted by molar-refractivity contribution is 6.31. The fourth-order valence-corrected chi connectivity index (χ4v) is 3.46. The number of quaternary nitrogens is 1. The molecule has 27 heavy (non-hydrogen) atoms. The van der Waals surface area contributed by atoms with E-state index in [4.69, 9.17) is 11.6 Å². The highest BCUT2D eigenvalue weighted by Crippen LogP contribution is 2.18. The van der Waals surface area contributed by atoms with Gasteiger partial charge >= 0.3 is 6.03 Å². The van der Waals surface area contributed by atoms with Gasteiger partial charge in [-0.1, -0.05) is 17.7 Å². The summed E-state index contributed by atoms with van der Waals surface area (Å²) in [6.07, 6.45) is 1.42. The summed E-state index contributed by atoms with van der Waals surface area (Å²) in [6, 6.07) is 7.02. The van der Waals surface area contributed by atoms with Crippen molar-refractivity contribution in [3.05, 3.63) is 64.4 Å². The first-order valence-electron chi connectivity index (χ1n) is 8.71. The number of nitrogens with one attached hydrogen (secondary N) is 3. The number of hydrogen-bond donors (Lipinski definition) is 3. The van der Waals surface area contributed by atoms with Gasteiger partial charge in [0.2, 0.25) is 0 Å². The normalized spacial score (nSPS) is 19.6. The van der Waals surface area contributed by atoms with Crippen molar-refractivity contribution in [2.75, 3.05) is 18.4 Å². The quantitative estimate of drug-likeness (QED) is 0.728. The molecule has 2 aromatic carbocycles. The summed E-state index contributed by atoms with van der Waals surface area (Å²) in [7, 11) is 0.